The van der Waals surface area contributed by atoms with Crippen LogP contribution < -0.4 is 10.6 Å². The molecule has 0 heterocycles. The summed E-state index contributed by atoms with van der Waals surface area (Å²) in [6.07, 6.45) is 8.92. The van der Waals surface area contributed by atoms with Crippen LogP contribution in [-0.4, -0.2) is 10.3 Å². The van der Waals surface area contributed by atoms with Crippen LogP contribution in [0.4, 0.5) is 0 Å². The highest BCUT2D eigenvalue weighted by Gasteiger charge is 2.47. The first-order valence-electron chi connectivity index (χ1n) is 7.96. The first-order valence-corrected chi connectivity index (χ1v) is 9.30. The smallest absolute Gasteiger partial charge is 0.123 e. The second-order valence-electron chi connectivity index (χ2n) is 6.95. The molecule has 3 rings (SSSR count). The molecule has 0 saturated carbocycles. The van der Waals surface area contributed by atoms with E-state index < -0.39 is 7.92 Å². The average molecular weight is 322 g/mol. The molecule has 118 valence electrons. The van der Waals surface area contributed by atoms with Gasteiger partial charge in [-0.05, 0) is 24.7 Å². The standard InChI is InChI=1S/C21H23OP/c1-20(2,3)21(15-9-10-16-21)23(17-11-5-4-6-12-17)19-14-8-7-13-18(19)22/h4-16,22H,1-3H3. The Bertz CT molecular complexity index is 726. The van der Waals surface area contributed by atoms with Crippen molar-refractivity contribution in [2.45, 2.75) is 25.9 Å². The third-order valence-corrected chi connectivity index (χ3v) is 7.90. The highest BCUT2D eigenvalue weighted by atomic mass is 31.1. The van der Waals surface area contributed by atoms with E-state index in [0.717, 1.165) is 5.30 Å². The Morgan fingerprint density at radius 2 is 1.39 bits per heavy atom. The fourth-order valence-electron chi connectivity index (χ4n) is 3.23. The number of phenols is 1. The number of phenolic OH excluding ortho intramolecular Hbond substituents is 1. The van der Waals surface area contributed by atoms with Crippen LogP contribution in [-0.2, 0) is 0 Å². The van der Waals surface area contributed by atoms with Gasteiger partial charge in [-0.1, -0.05) is 93.6 Å². The summed E-state index contributed by atoms with van der Waals surface area (Å²) in [5, 5.41) is 12.8. The second-order valence-corrected chi connectivity index (χ2v) is 9.36. The molecule has 0 spiro atoms. The molecule has 0 aliphatic heterocycles. The van der Waals surface area contributed by atoms with Crippen molar-refractivity contribution in [1.82, 2.24) is 0 Å². The van der Waals surface area contributed by atoms with Crippen LogP contribution in [0.15, 0.2) is 78.9 Å². The Hall–Kier alpha value is -1.85. The molecule has 1 aliphatic rings. The third kappa shape index (κ3) is 2.75. The number of hydrogen-bond acceptors (Lipinski definition) is 1. The quantitative estimate of drug-likeness (QED) is 0.810. The number of allylic oxidation sites excluding steroid dienone is 4. The minimum Gasteiger partial charge on any atom is -0.507 e. The predicted molar refractivity (Wildman–Crippen MR) is 101 cm³/mol. The maximum atomic E-state index is 10.6. The van der Waals surface area contributed by atoms with E-state index in [9.17, 15) is 5.11 Å². The number of benzene rings is 2. The van der Waals surface area contributed by atoms with E-state index >= 15 is 0 Å². The summed E-state index contributed by atoms with van der Waals surface area (Å²) in [6, 6.07) is 18.4. The molecule has 0 bridgehead atoms. The topological polar surface area (TPSA) is 20.2 Å². The van der Waals surface area contributed by atoms with Crippen LogP contribution in [0.25, 0.3) is 0 Å². The summed E-state index contributed by atoms with van der Waals surface area (Å²) in [7, 11) is -0.769. The van der Waals surface area contributed by atoms with Crippen molar-refractivity contribution in [2.75, 3.05) is 0 Å². The molecule has 1 aliphatic carbocycles. The molecule has 0 fully saturated rings. The summed E-state index contributed by atoms with van der Waals surface area (Å²) in [5.74, 6) is 0.389. The van der Waals surface area contributed by atoms with Gasteiger partial charge in [0.15, 0.2) is 0 Å². The van der Waals surface area contributed by atoms with Crippen molar-refractivity contribution in [1.29, 1.82) is 0 Å². The molecule has 0 aromatic heterocycles. The highest BCUT2D eigenvalue weighted by Crippen LogP contribution is 2.60. The molecule has 2 aromatic carbocycles. The van der Waals surface area contributed by atoms with Crippen LogP contribution in [0.5, 0.6) is 5.75 Å². The van der Waals surface area contributed by atoms with E-state index in [1.165, 1.54) is 5.30 Å². The van der Waals surface area contributed by atoms with E-state index in [1.807, 2.05) is 18.2 Å². The molecule has 0 amide bonds. The minimum absolute atomic E-state index is 0.0420. The van der Waals surface area contributed by atoms with Gasteiger partial charge in [0.25, 0.3) is 0 Å². The van der Waals surface area contributed by atoms with Gasteiger partial charge in [-0.25, -0.2) is 0 Å². The van der Waals surface area contributed by atoms with E-state index in [-0.39, 0.29) is 10.6 Å². The minimum atomic E-state index is -0.769. The van der Waals surface area contributed by atoms with Gasteiger partial charge < -0.3 is 5.11 Å². The number of para-hydroxylation sites is 1. The first-order chi connectivity index (χ1) is 11.0. The lowest BCUT2D eigenvalue weighted by Crippen LogP contribution is -2.41. The molecule has 2 aromatic rings. The fraction of sp³-hybridized carbons (Fsp3) is 0.238. The van der Waals surface area contributed by atoms with Crippen molar-refractivity contribution in [3.63, 3.8) is 0 Å². The molecule has 0 radical (unpaired) electrons. The molecular weight excluding hydrogens is 299 g/mol. The van der Waals surface area contributed by atoms with Crippen LogP contribution >= 0.6 is 7.92 Å². The molecule has 1 unspecified atom stereocenters. The molecule has 1 N–H and O–H groups in total. The van der Waals surface area contributed by atoms with E-state index in [2.05, 4.69) is 75.4 Å². The first kappa shape index (κ1) is 16.0. The number of rotatable bonds is 3. The lowest BCUT2D eigenvalue weighted by molar-refractivity contribution is 0.373. The maximum Gasteiger partial charge on any atom is 0.123 e. The van der Waals surface area contributed by atoms with Crippen molar-refractivity contribution < 1.29 is 5.11 Å². The zero-order chi connectivity index (χ0) is 16.5. The Labute approximate surface area is 140 Å². The van der Waals surface area contributed by atoms with Crippen LogP contribution in [0.2, 0.25) is 0 Å². The summed E-state index contributed by atoms with van der Waals surface area (Å²) < 4.78 is 0. The van der Waals surface area contributed by atoms with E-state index in [1.54, 1.807) is 6.07 Å². The Morgan fingerprint density at radius 3 is 1.96 bits per heavy atom. The zero-order valence-corrected chi connectivity index (χ0v) is 14.8. The normalized spacial score (nSPS) is 17.3. The monoisotopic (exact) mass is 322 g/mol. The summed E-state index contributed by atoms with van der Waals surface area (Å²) >= 11 is 0. The Balaban J connectivity index is 2.27. The SMILES string of the molecule is CC(C)(C)C1(P(c2ccccc2)c2ccccc2O)C=CC=C1. The number of aromatic hydroxyl groups is 1. The maximum absolute atomic E-state index is 10.6. The molecular formula is C21H23OP. The van der Waals surface area contributed by atoms with Crippen LogP contribution in [0.3, 0.4) is 0 Å². The van der Waals surface area contributed by atoms with Gasteiger partial charge >= 0.3 is 0 Å². The molecule has 2 heteroatoms. The summed E-state index contributed by atoms with van der Waals surface area (Å²) in [4.78, 5) is 0. The molecule has 1 atom stereocenters. The van der Waals surface area contributed by atoms with Gasteiger partial charge in [0.1, 0.15) is 5.75 Å². The van der Waals surface area contributed by atoms with Gasteiger partial charge in [-0.2, -0.15) is 0 Å². The van der Waals surface area contributed by atoms with Crippen molar-refractivity contribution >= 4 is 18.5 Å². The lowest BCUT2D eigenvalue weighted by atomic mass is 9.81. The van der Waals surface area contributed by atoms with Crippen LogP contribution in [0, 0.1) is 5.41 Å². The van der Waals surface area contributed by atoms with Crippen molar-refractivity contribution in [2.24, 2.45) is 5.41 Å². The average Bonchev–Trinajstić information content (AvgIpc) is 3.01. The molecule has 1 nitrogen and oxygen atoms in total. The van der Waals surface area contributed by atoms with Gasteiger partial charge in [0.05, 0.1) is 0 Å². The zero-order valence-electron chi connectivity index (χ0n) is 13.9. The van der Waals surface area contributed by atoms with Crippen molar-refractivity contribution in [3.05, 3.63) is 78.9 Å². The summed E-state index contributed by atoms with van der Waals surface area (Å²) in [6.45, 7) is 6.85. The Kier molecular flexibility index (Phi) is 4.17. The third-order valence-electron chi connectivity index (χ3n) is 4.52. The van der Waals surface area contributed by atoms with E-state index in [4.69, 9.17) is 0 Å². The lowest BCUT2D eigenvalue weighted by Gasteiger charge is -2.46. The fourth-order valence-corrected chi connectivity index (χ4v) is 6.48. The predicted octanol–water partition coefficient (Wildman–Crippen LogP) is 4.74. The second kappa shape index (κ2) is 5.98. The number of hydrogen-bond donors (Lipinski definition) is 1. The van der Waals surface area contributed by atoms with Gasteiger partial charge in [0.2, 0.25) is 0 Å². The Morgan fingerprint density at radius 1 is 0.826 bits per heavy atom. The highest BCUT2D eigenvalue weighted by molar-refractivity contribution is 7.75. The van der Waals surface area contributed by atoms with Crippen molar-refractivity contribution in [3.8, 4) is 5.75 Å². The van der Waals surface area contributed by atoms with E-state index in [0.29, 0.717) is 5.75 Å². The van der Waals surface area contributed by atoms with Gasteiger partial charge in [-0.3, -0.25) is 0 Å². The van der Waals surface area contributed by atoms with Crippen LogP contribution in [0.1, 0.15) is 20.8 Å². The molecule has 0 saturated heterocycles. The largest absolute Gasteiger partial charge is 0.507 e. The molecule has 23 heavy (non-hydrogen) atoms. The van der Waals surface area contributed by atoms with Gasteiger partial charge in [0, 0.05) is 10.5 Å². The van der Waals surface area contributed by atoms with Gasteiger partial charge in [-0.15, -0.1) is 0 Å². The summed E-state index contributed by atoms with van der Waals surface area (Å²) in [5.41, 5.74) is 0.0420.